The second-order valence-electron chi connectivity index (χ2n) is 7.61. The smallest absolute Gasteiger partial charge is 0.254 e. The number of hydrogen-bond donors (Lipinski definition) is 0. The summed E-state index contributed by atoms with van der Waals surface area (Å²) in [5.41, 5.74) is 3.02. The van der Waals surface area contributed by atoms with Gasteiger partial charge in [-0.15, -0.1) is 0 Å². The third-order valence-corrected chi connectivity index (χ3v) is 5.81. The van der Waals surface area contributed by atoms with Crippen LogP contribution in [0.2, 0.25) is 0 Å². The molecule has 0 aromatic heterocycles. The van der Waals surface area contributed by atoms with Crippen molar-refractivity contribution >= 4 is 11.8 Å². The van der Waals surface area contributed by atoms with Crippen LogP contribution in [0, 0.1) is 13.8 Å². The summed E-state index contributed by atoms with van der Waals surface area (Å²) < 4.78 is 0. The maximum absolute atomic E-state index is 12.8. The lowest BCUT2D eigenvalue weighted by molar-refractivity contribution is -0.132. The highest BCUT2D eigenvalue weighted by Crippen LogP contribution is 2.16. The molecule has 26 heavy (non-hydrogen) atoms. The molecule has 0 atom stereocenters. The van der Waals surface area contributed by atoms with Crippen LogP contribution in [0.4, 0.5) is 0 Å². The van der Waals surface area contributed by atoms with Gasteiger partial charge >= 0.3 is 0 Å². The van der Waals surface area contributed by atoms with Gasteiger partial charge in [-0.1, -0.05) is 25.0 Å². The summed E-state index contributed by atoms with van der Waals surface area (Å²) in [6.45, 7) is 9.29. The normalized spacial score (nSPS) is 19.3. The van der Waals surface area contributed by atoms with Crippen molar-refractivity contribution in [1.29, 1.82) is 0 Å². The molecule has 0 aliphatic carbocycles. The van der Waals surface area contributed by atoms with E-state index in [1.807, 2.05) is 41.8 Å². The van der Waals surface area contributed by atoms with Gasteiger partial charge in [0, 0.05) is 44.8 Å². The van der Waals surface area contributed by atoms with Crippen molar-refractivity contribution in [2.24, 2.45) is 0 Å². The van der Waals surface area contributed by atoms with E-state index >= 15 is 0 Å². The first-order chi connectivity index (χ1) is 12.6. The van der Waals surface area contributed by atoms with Crippen LogP contribution in [-0.2, 0) is 4.79 Å². The Hall–Kier alpha value is -1.88. The Balaban J connectivity index is 1.51. The van der Waals surface area contributed by atoms with E-state index in [4.69, 9.17) is 0 Å². The predicted molar refractivity (Wildman–Crippen MR) is 103 cm³/mol. The van der Waals surface area contributed by atoms with Crippen molar-refractivity contribution in [1.82, 2.24) is 14.7 Å². The molecule has 0 bridgehead atoms. The molecule has 2 saturated heterocycles. The fourth-order valence-corrected chi connectivity index (χ4v) is 3.87. The number of benzene rings is 1. The van der Waals surface area contributed by atoms with Crippen LogP contribution in [-0.4, -0.2) is 72.3 Å². The van der Waals surface area contributed by atoms with Gasteiger partial charge in [0.25, 0.3) is 5.91 Å². The highest BCUT2D eigenvalue weighted by molar-refractivity contribution is 5.96. The first kappa shape index (κ1) is 18.9. The highest BCUT2D eigenvalue weighted by Gasteiger charge is 2.25. The van der Waals surface area contributed by atoms with Gasteiger partial charge < -0.3 is 9.80 Å². The number of carbonyl (C=O) groups excluding carboxylic acids is 2. The number of likely N-dealkylation sites (tertiary alicyclic amines) is 1. The summed E-state index contributed by atoms with van der Waals surface area (Å²) in [5, 5.41) is 0. The quantitative estimate of drug-likeness (QED) is 0.835. The number of nitrogens with zero attached hydrogens (tertiary/aromatic N) is 3. The first-order valence-electron chi connectivity index (χ1n) is 9.92. The molecule has 1 aromatic carbocycles. The molecule has 0 spiro atoms. The topological polar surface area (TPSA) is 43.9 Å². The summed E-state index contributed by atoms with van der Waals surface area (Å²) in [5.74, 6) is 0.367. The van der Waals surface area contributed by atoms with Gasteiger partial charge in [-0.05, 0) is 43.9 Å². The second kappa shape index (κ2) is 8.67. The zero-order chi connectivity index (χ0) is 18.5. The molecule has 3 rings (SSSR count). The maximum atomic E-state index is 12.8. The van der Waals surface area contributed by atoms with Gasteiger partial charge in [-0.2, -0.15) is 0 Å². The van der Waals surface area contributed by atoms with Gasteiger partial charge in [0.15, 0.2) is 0 Å². The van der Waals surface area contributed by atoms with Crippen molar-refractivity contribution in [2.45, 2.75) is 39.5 Å². The van der Waals surface area contributed by atoms with Crippen molar-refractivity contribution in [2.75, 3.05) is 45.8 Å². The maximum Gasteiger partial charge on any atom is 0.254 e. The Morgan fingerprint density at radius 3 is 2.15 bits per heavy atom. The van der Waals surface area contributed by atoms with E-state index < -0.39 is 0 Å². The van der Waals surface area contributed by atoms with Crippen LogP contribution in [0.25, 0.3) is 0 Å². The van der Waals surface area contributed by atoms with E-state index in [0.29, 0.717) is 19.6 Å². The van der Waals surface area contributed by atoms with Gasteiger partial charge in [0.1, 0.15) is 0 Å². The summed E-state index contributed by atoms with van der Waals surface area (Å²) >= 11 is 0. The van der Waals surface area contributed by atoms with Gasteiger partial charge in [0.2, 0.25) is 5.91 Å². The Labute approximate surface area is 156 Å². The third-order valence-electron chi connectivity index (χ3n) is 5.81. The molecule has 142 valence electrons. The van der Waals surface area contributed by atoms with E-state index in [1.165, 1.54) is 12.8 Å². The second-order valence-corrected chi connectivity index (χ2v) is 7.61. The van der Waals surface area contributed by atoms with E-state index in [0.717, 1.165) is 55.7 Å². The molecule has 2 aliphatic heterocycles. The average Bonchev–Trinajstić information content (AvgIpc) is 2.94. The monoisotopic (exact) mass is 357 g/mol. The molecule has 0 unspecified atom stereocenters. The molecule has 2 amide bonds. The van der Waals surface area contributed by atoms with Gasteiger partial charge in [0.05, 0.1) is 6.54 Å². The molecule has 2 heterocycles. The number of rotatable bonds is 3. The summed E-state index contributed by atoms with van der Waals surface area (Å²) in [7, 11) is 0. The first-order valence-corrected chi connectivity index (χ1v) is 9.92. The Bertz CT molecular complexity index is 643. The van der Waals surface area contributed by atoms with E-state index in [2.05, 4.69) is 4.90 Å². The molecular formula is C21H31N3O2. The molecule has 1 aromatic rings. The van der Waals surface area contributed by atoms with Crippen molar-refractivity contribution in [3.63, 3.8) is 0 Å². The Morgan fingerprint density at radius 1 is 0.846 bits per heavy atom. The van der Waals surface area contributed by atoms with Crippen molar-refractivity contribution < 1.29 is 9.59 Å². The summed E-state index contributed by atoms with van der Waals surface area (Å²) in [6, 6.07) is 5.91. The molecule has 5 nitrogen and oxygen atoms in total. The van der Waals surface area contributed by atoms with Crippen LogP contribution in [0.1, 0.15) is 47.2 Å². The Kier molecular flexibility index (Phi) is 6.30. The van der Waals surface area contributed by atoms with Crippen molar-refractivity contribution in [3.05, 3.63) is 34.9 Å². The minimum absolute atomic E-state index is 0.115. The lowest BCUT2D eigenvalue weighted by Gasteiger charge is -2.35. The van der Waals surface area contributed by atoms with Gasteiger partial charge in [-0.3, -0.25) is 14.5 Å². The van der Waals surface area contributed by atoms with E-state index in [1.54, 1.807) is 0 Å². The SMILES string of the molecule is Cc1cccc(C(=O)N2CCN(CC(=O)N3CCCCCC3)CC2)c1C. The molecule has 2 fully saturated rings. The lowest BCUT2D eigenvalue weighted by atomic mass is 10.0. The average molecular weight is 357 g/mol. The number of piperazine rings is 1. The molecule has 0 radical (unpaired) electrons. The van der Waals surface area contributed by atoms with Gasteiger partial charge in [-0.25, -0.2) is 0 Å². The Morgan fingerprint density at radius 2 is 1.50 bits per heavy atom. The van der Waals surface area contributed by atoms with Crippen LogP contribution >= 0.6 is 0 Å². The molecule has 2 aliphatic rings. The third kappa shape index (κ3) is 4.44. The highest BCUT2D eigenvalue weighted by atomic mass is 16.2. The minimum Gasteiger partial charge on any atom is -0.342 e. The van der Waals surface area contributed by atoms with Crippen LogP contribution < -0.4 is 0 Å². The van der Waals surface area contributed by atoms with Crippen LogP contribution in [0.5, 0.6) is 0 Å². The predicted octanol–water partition coefficient (Wildman–Crippen LogP) is 2.46. The summed E-state index contributed by atoms with van der Waals surface area (Å²) in [4.78, 5) is 31.5. The summed E-state index contributed by atoms with van der Waals surface area (Å²) in [6.07, 6.45) is 4.74. The standard InChI is InChI=1S/C21H31N3O2/c1-17-8-7-9-19(18(17)2)21(26)24-14-12-22(13-15-24)16-20(25)23-10-5-3-4-6-11-23/h7-9H,3-6,10-16H2,1-2H3. The zero-order valence-corrected chi connectivity index (χ0v) is 16.2. The minimum atomic E-state index is 0.115. The van der Waals surface area contributed by atoms with Crippen LogP contribution in [0.3, 0.4) is 0 Å². The number of hydrogen-bond acceptors (Lipinski definition) is 3. The largest absolute Gasteiger partial charge is 0.342 e. The fourth-order valence-electron chi connectivity index (χ4n) is 3.87. The number of carbonyl (C=O) groups is 2. The molecule has 5 heteroatoms. The molecular weight excluding hydrogens is 326 g/mol. The number of aryl methyl sites for hydroxylation is 1. The van der Waals surface area contributed by atoms with E-state index in [9.17, 15) is 9.59 Å². The van der Waals surface area contributed by atoms with Crippen molar-refractivity contribution in [3.8, 4) is 0 Å². The number of amides is 2. The zero-order valence-electron chi connectivity index (χ0n) is 16.2. The van der Waals surface area contributed by atoms with E-state index in [-0.39, 0.29) is 11.8 Å². The molecule has 0 N–H and O–H groups in total. The fraction of sp³-hybridized carbons (Fsp3) is 0.619. The molecule has 0 saturated carbocycles. The van der Waals surface area contributed by atoms with Crippen LogP contribution in [0.15, 0.2) is 18.2 Å². The lowest BCUT2D eigenvalue weighted by Crippen LogP contribution is -2.51.